The van der Waals surface area contributed by atoms with Crippen molar-refractivity contribution in [2.24, 2.45) is 0 Å². The van der Waals surface area contributed by atoms with Crippen LogP contribution in [0.2, 0.25) is 0 Å². The number of carbonyl (C=O) groups is 2. The lowest BCUT2D eigenvalue weighted by Crippen LogP contribution is -2.52. The van der Waals surface area contributed by atoms with Gasteiger partial charge in [-0.15, -0.1) is 0 Å². The number of nitrogens with zero attached hydrogens (tertiary/aromatic N) is 1. The number of benzene rings is 2. The topological polar surface area (TPSA) is 66.8 Å². The molecule has 1 aliphatic rings. The zero-order chi connectivity index (χ0) is 17.5. The molecule has 0 atom stereocenters. The van der Waals surface area contributed by atoms with E-state index in [1.54, 1.807) is 43.0 Å². The van der Waals surface area contributed by atoms with E-state index >= 15 is 0 Å². The fraction of sp³-hybridized carbons (Fsp3) is 0.263. The molecule has 2 aromatic rings. The number of aromatic carboxylic acids is 1. The maximum absolute atomic E-state index is 12.8. The molecule has 0 aliphatic carbocycles. The second kappa shape index (κ2) is 5.67. The molecular formula is C19H19NO4. The third kappa shape index (κ3) is 2.85. The van der Waals surface area contributed by atoms with Crippen LogP contribution in [0.3, 0.4) is 0 Å². The lowest BCUT2D eigenvalue weighted by molar-refractivity contribution is -0.132. The van der Waals surface area contributed by atoms with Crippen LogP contribution in [0.4, 0.5) is 5.69 Å². The summed E-state index contributed by atoms with van der Waals surface area (Å²) in [6.45, 7) is 5.84. The maximum atomic E-state index is 12.8. The van der Waals surface area contributed by atoms with Crippen molar-refractivity contribution in [1.82, 2.24) is 0 Å². The number of amides is 1. The third-order valence-electron chi connectivity index (χ3n) is 4.07. The molecule has 0 spiro atoms. The summed E-state index contributed by atoms with van der Waals surface area (Å²) in [5.74, 6) is -0.408. The summed E-state index contributed by atoms with van der Waals surface area (Å²) in [5, 5.41) is 8.98. The predicted molar refractivity (Wildman–Crippen MR) is 90.5 cm³/mol. The average Bonchev–Trinajstić information content (AvgIpc) is 2.51. The molecule has 0 saturated heterocycles. The van der Waals surface area contributed by atoms with E-state index < -0.39 is 11.6 Å². The highest BCUT2D eigenvalue weighted by Crippen LogP contribution is 2.39. The Bertz CT molecular complexity index is 809. The molecule has 1 N–H and O–H groups in total. The highest BCUT2D eigenvalue weighted by atomic mass is 16.5. The molecule has 5 nitrogen and oxygen atoms in total. The van der Waals surface area contributed by atoms with Gasteiger partial charge in [-0.05, 0) is 56.2 Å². The molecule has 3 rings (SSSR count). The minimum atomic E-state index is -0.967. The summed E-state index contributed by atoms with van der Waals surface area (Å²) in [6, 6.07) is 12.3. The van der Waals surface area contributed by atoms with Gasteiger partial charge in [0.1, 0.15) is 5.75 Å². The van der Waals surface area contributed by atoms with E-state index in [-0.39, 0.29) is 11.5 Å². The SMILES string of the molecule is Cc1ccc2c(c1)OC(C)(C)C(=O)N2Cc1ccc(C(=O)O)cc1. The van der Waals surface area contributed by atoms with Crippen molar-refractivity contribution in [2.45, 2.75) is 32.9 Å². The number of aryl methyl sites for hydroxylation is 1. The molecule has 1 heterocycles. The molecule has 0 bridgehead atoms. The Morgan fingerprint density at radius 2 is 1.83 bits per heavy atom. The Kier molecular flexibility index (Phi) is 3.79. The number of carboxylic acid groups (broad SMARTS) is 1. The van der Waals surface area contributed by atoms with Gasteiger partial charge in [0.15, 0.2) is 5.60 Å². The largest absolute Gasteiger partial charge is 0.478 e. The first-order chi connectivity index (χ1) is 11.3. The average molecular weight is 325 g/mol. The van der Waals surface area contributed by atoms with Gasteiger partial charge in [-0.1, -0.05) is 18.2 Å². The molecule has 0 saturated carbocycles. The van der Waals surface area contributed by atoms with Crippen LogP contribution in [0.1, 0.15) is 35.3 Å². The number of carbonyl (C=O) groups excluding carboxylic acids is 1. The van der Waals surface area contributed by atoms with E-state index in [2.05, 4.69) is 0 Å². The van der Waals surface area contributed by atoms with Gasteiger partial charge in [-0.25, -0.2) is 4.79 Å². The van der Waals surface area contributed by atoms with Crippen LogP contribution in [0.25, 0.3) is 0 Å². The van der Waals surface area contributed by atoms with Gasteiger partial charge in [0.2, 0.25) is 0 Å². The Balaban J connectivity index is 1.96. The van der Waals surface area contributed by atoms with Gasteiger partial charge in [0.05, 0.1) is 17.8 Å². The second-order valence-electron chi connectivity index (χ2n) is 6.48. The first-order valence-electron chi connectivity index (χ1n) is 7.72. The number of rotatable bonds is 3. The molecule has 1 aliphatic heterocycles. The van der Waals surface area contributed by atoms with Crippen molar-refractivity contribution in [2.75, 3.05) is 4.90 Å². The fourth-order valence-corrected chi connectivity index (χ4v) is 2.77. The standard InChI is InChI=1S/C19H19NO4/c1-12-4-9-15-16(10-12)24-19(2,3)18(23)20(15)11-13-5-7-14(8-6-13)17(21)22/h4-10H,11H2,1-3H3,(H,21,22). The zero-order valence-corrected chi connectivity index (χ0v) is 13.9. The molecule has 0 unspecified atom stereocenters. The first kappa shape index (κ1) is 16.1. The van der Waals surface area contributed by atoms with E-state index in [1.807, 2.05) is 25.1 Å². The quantitative estimate of drug-likeness (QED) is 0.939. The van der Waals surface area contributed by atoms with E-state index in [0.717, 1.165) is 16.8 Å². The van der Waals surface area contributed by atoms with E-state index in [0.29, 0.717) is 12.3 Å². The van der Waals surface area contributed by atoms with Crippen LogP contribution < -0.4 is 9.64 Å². The molecule has 124 valence electrons. The Hall–Kier alpha value is -2.82. The van der Waals surface area contributed by atoms with Crippen LogP contribution in [0, 0.1) is 6.92 Å². The van der Waals surface area contributed by atoms with Crippen molar-refractivity contribution in [3.8, 4) is 5.75 Å². The Morgan fingerprint density at radius 3 is 2.46 bits per heavy atom. The number of anilines is 1. The first-order valence-corrected chi connectivity index (χ1v) is 7.72. The van der Waals surface area contributed by atoms with Crippen molar-refractivity contribution in [3.05, 3.63) is 59.2 Å². The normalized spacial score (nSPS) is 15.6. The number of hydrogen-bond acceptors (Lipinski definition) is 3. The minimum Gasteiger partial charge on any atom is -0.478 e. The highest BCUT2D eigenvalue weighted by molar-refractivity contribution is 6.02. The van der Waals surface area contributed by atoms with Crippen LogP contribution in [0.5, 0.6) is 5.75 Å². The summed E-state index contributed by atoms with van der Waals surface area (Å²) >= 11 is 0. The van der Waals surface area contributed by atoms with Gasteiger partial charge in [-0.2, -0.15) is 0 Å². The molecule has 0 radical (unpaired) electrons. The van der Waals surface area contributed by atoms with E-state index in [1.165, 1.54) is 0 Å². The van der Waals surface area contributed by atoms with Crippen LogP contribution >= 0.6 is 0 Å². The molecule has 1 amide bonds. The number of hydrogen-bond donors (Lipinski definition) is 1. The molecule has 2 aromatic carbocycles. The highest BCUT2D eigenvalue weighted by Gasteiger charge is 2.40. The van der Waals surface area contributed by atoms with Crippen molar-refractivity contribution in [1.29, 1.82) is 0 Å². The Morgan fingerprint density at radius 1 is 1.17 bits per heavy atom. The van der Waals surface area contributed by atoms with Crippen LogP contribution in [-0.4, -0.2) is 22.6 Å². The number of ether oxygens (including phenoxy) is 1. The smallest absolute Gasteiger partial charge is 0.335 e. The second-order valence-corrected chi connectivity index (χ2v) is 6.48. The van der Waals surface area contributed by atoms with E-state index in [4.69, 9.17) is 9.84 Å². The maximum Gasteiger partial charge on any atom is 0.335 e. The summed E-state index contributed by atoms with van der Waals surface area (Å²) in [4.78, 5) is 25.4. The Labute approximate surface area is 140 Å². The molecule has 0 aromatic heterocycles. The molecule has 24 heavy (non-hydrogen) atoms. The number of fused-ring (bicyclic) bond motifs is 1. The van der Waals surface area contributed by atoms with E-state index in [9.17, 15) is 9.59 Å². The molecule has 0 fully saturated rings. The lowest BCUT2D eigenvalue weighted by Gasteiger charge is -2.39. The van der Waals surface area contributed by atoms with Crippen molar-refractivity contribution in [3.63, 3.8) is 0 Å². The summed E-state index contributed by atoms with van der Waals surface area (Å²) < 4.78 is 5.86. The van der Waals surface area contributed by atoms with Gasteiger partial charge >= 0.3 is 5.97 Å². The van der Waals surface area contributed by atoms with Crippen molar-refractivity contribution >= 4 is 17.6 Å². The third-order valence-corrected chi connectivity index (χ3v) is 4.07. The number of carboxylic acids is 1. The molecule has 5 heteroatoms. The zero-order valence-electron chi connectivity index (χ0n) is 13.9. The fourth-order valence-electron chi connectivity index (χ4n) is 2.77. The van der Waals surface area contributed by atoms with Gasteiger partial charge in [0.25, 0.3) is 5.91 Å². The molecular weight excluding hydrogens is 306 g/mol. The predicted octanol–water partition coefficient (Wildman–Crippen LogP) is 3.40. The van der Waals surface area contributed by atoms with Gasteiger partial charge in [-0.3, -0.25) is 4.79 Å². The summed E-state index contributed by atoms with van der Waals surface area (Å²) in [7, 11) is 0. The monoisotopic (exact) mass is 325 g/mol. The van der Waals surface area contributed by atoms with Gasteiger partial charge < -0.3 is 14.7 Å². The summed E-state index contributed by atoms with van der Waals surface area (Å²) in [5.41, 5.74) is 1.93. The van der Waals surface area contributed by atoms with Crippen LogP contribution in [0.15, 0.2) is 42.5 Å². The van der Waals surface area contributed by atoms with Gasteiger partial charge in [0, 0.05) is 0 Å². The lowest BCUT2D eigenvalue weighted by atomic mass is 10.0. The minimum absolute atomic E-state index is 0.124. The summed E-state index contributed by atoms with van der Waals surface area (Å²) in [6.07, 6.45) is 0. The van der Waals surface area contributed by atoms with Crippen molar-refractivity contribution < 1.29 is 19.4 Å². The van der Waals surface area contributed by atoms with Crippen LogP contribution in [-0.2, 0) is 11.3 Å².